The van der Waals surface area contributed by atoms with Gasteiger partial charge in [-0.05, 0) is 24.0 Å². The van der Waals surface area contributed by atoms with Crippen LogP contribution in [0.4, 0.5) is 4.79 Å². The van der Waals surface area contributed by atoms with Gasteiger partial charge < -0.3 is 15.2 Å². The van der Waals surface area contributed by atoms with E-state index in [4.69, 9.17) is 9.84 Å². The van der Waals surface area contributed by atoms with Crippen LogP contribution in [-0.2, 0) is 16.1 Å². The van der Waals surface area contributed by atoms with E-state index in [1.54, 1.807) is 19.9 Å². The third kappa shape index (κ3) is 5.41. The fraction of sp³-hybridized carbons (Fsp3) is 0.533. The van der Waals surface area contributed by atoms with Crippen molar-refractivity contribution >= 4 is 12.1 Å². The molecular weight excluding hydrogens is 272 g/mol. The minimum atomic E-state index is -1.08. The smallest absolute Gasteiger partial charge is 0.408 e. The third-order valence-corrected chi connectivity index (χ3v) is 2.98. The topological polar surface area (TPSA) is 88.5 Å². The molecule has 0 spiro atoms. The average molecular weight is 294 g/mol. The van der Waals surface area contributed by atoms with Gasteiger partial charge in [-0.1, -0.05) is 33.8 Å². The van der Waals surface area contributed by atoms with Crippen molar-refractivity contribution < 1.29 is 19.4 Å². The normalized spacial score (nSPS) is 12.3. The van der Waals surface area contributed by atoms with Crippen molar-refractivity contribution in [1.82, 2.24) is 10.3 Å². The van der Waals surface area contributed by atoms with Gasteiger partial charge in [0.2, 0.25) is 0 Å². The van der Waals surface area contributed by atoms with Crippen LogP contribution in [0.5, 0.6) is 0 Å². The third-order valence-electron chi connectivity index (χ3n) is 2.98. The highest BCUT2D eigenvalue weighted by Crippen LogP contribution is 2.12. The number of carboxylic acids is 1. The van der Waals surface area contributed by atoms with E-state index in [2.05, 4.69) is 10.3 Å². The number of alkyl carbamates (subject to hydrolysis) is 1. The molecule has 6 nitrogen and oxygen atoms in total. The molecule has 6 heteroatoms. The first-order valence-corrected chi connectivity index (χ1v) is 6.93. The van der Waals surface area contributed by atoms with E-state index in [0.717, 1.165) is 5.69 Å². The summed E-state index contributed by atoms with van der Waals surface area (Å²) < 4.78 is 5.02. The van der Waals surface area contributed by atoms with Crippen molar-refractivity contribution in [2.45, 2.75) is 46.3 Å². The van der Waals surface area contributed by atoms with Gasteiger partial charge in [-0.15, -0.1) is 0 Å². The minimum absolute atomic E-state index is 0.0107. The Labute approximate surface area is 124 Å². The van der Waals surface area contributed by atoms with Crippen LogP contribution in [0.2, 0.25) is 0 Å². The molecule has 2 N–H and O–H groups in total. The Bertz CT molecular complexity index is 500. The van der Waals surface area contributed by atoms with E-state index in [-0.39, 0.29) is 18.4 Å². The van der Waals surface area contributed by atoms with Crippen molar-refractivity contribution in [2.75, 3.05) is 0 Å². The molecule has 0 saturated carbocycles. The number of carbonyl (C=O) groups is 2. The number of nitrogens with one attached hydrogen (secondary N) is 1. The lowest BCUT2D eigenvalue weighted by Crippen LogP contribution is -2.44. The summed E-state index contributed by atoms with van der Waals surface area (Å²) in [6, 6.07) is 4.56. The predicted octanol–water partition coefficient (Wildman–Crippen LogP) is 2.54. The van der Waals surface area contributed by atoms with Gasteiger partial charge in [-0.2, -0.15) is 0 Å². The number of rotatable bonds is 6. The standard InChI is InChI=1S/C15H22N2O4/c1-9(2)12-7-5-6-11(16-12)8-21-15(20)17-13(10(3)4)14(18)19/h5-7,9-10,13H,8H2,1-4H3,(H,17,20)(H,18,19)/t13-/m0/s1. The van der Waals surface area contributed by atoms with Gasteiger partial charge in [-0.3, -0.25) is 4.98 Å². The van der Waals surface area contributed by atoms with E-state index in [0.29, 0.717) is 5.69 Å². The summed E-state index contributed by atoms with van der Waals surface area (Å²) in [5.41, 5.74) is 1.55. The number of aliphatic carboxylic acids is 1. The molecule has 1 aromatic heterocycles. The molecule has 0 bridgehead atoms. The van der Waals surface area contributed by atoms with Gasteiger partial charge in [0.15, 0.2) is 0 Å². The highest BCUT2D eigenvalue weighted by molar-refractivity contribution is 5.80. The number of pyridine rings is 1. The second kappa shape index (κ2) is 7.61. The quantitative estimate of drug-likeness (QED) is 0.841. The molecule has 1 aromatic rings. The predicted molar refractivity (Wildman–Crippen MR) is 77.9 cm³/mol. The van der Waals surface area contributed by atoms with E-state index < -0.39 is 18.1 Å². The van der Waals surface area contributed by atoms with Crippen molar-refractivity contribution in [2.24, 2.45) is 5.92 Å². The zero-order chi connectivity index (χ0) is 16.0. The number of hydrogen-bond donors (Lipinski definition) is 2. The van der Waals surface area contributed by atoms with E-state index >= 15 is 0 Å². The lowest BCUT2D eigenvalue weighted by Gasteiger charge is -2.17. The van der Waals surface area contributed by atoms with Crippen molar-refractivity contribution in [3.63, 3.8) is 0 Å². The Morgan fingerprint density at radius 3 is 2.48 bits per heavy atom. The Hall–Kier alpha value is -2.11. The second-order valence-electron chi connectivity index (χ2n) is 5.49. The van der Waals surface area contributed by atoms with Gasteiger partial charge in [0, 0.05) is 5.69 Å². The van der Waals surface area contributed by atoms with Crippen molar-refractivity contribution in [1.29, 1.82) is 0 Å². The molecule has 1 rings (SSSR count). The SMILES string of the molecule is CC(C)c1cccc(COC(=O)N[C@H](C(=O)O)C(C)C)n1. The zero-order valence-corrected chi connectivity index (χ0v) is 12.8. The molecule has 0 unspecified atom stereocenters. The first kappa shape index (κ1) is 16.9. The number of hydrogen-bond acceptors (Lipinski definition) is 4. The second-order valence-corrected chi connectivity index (χ2v) is 5.49. The largest absolute Gasteiger partial charge is 0.480 e. The fourth-order valence-electron chi connectivity index (χ4n) is 1.72. The maximum Gasteiger partial charge on any atom is 0.408 e. The summed E-state index contributed by atoms with van der Waals surface area (Å²) in [6.07, 6.45) is -0.757. The van der Waals surface area contributed by atoms with Crippen LogP contribution in [0.3, 0.4) is 0 Å². The van der Waals surface area contributed by atoms with Crippen molar-refractivity contribution in [3.05, 3.63) is 29.6 Å². The van der Waals surface area contributed by atoms with Crippen LogP contribution in [0.1, 0.15) is 45.0 Å². The van der Waals surface area contributed by atoms with Crippen LogP contribution in [-0.4, -0.2) is 28.2 Å². The number of carboxylic acid groups (broad SMARTS) is 1. The lowest BCUT2D eigenvalue weighted by atomic mass is 10.1. The number of aromatic nitrogens is 1. The maximum atomic E-state index is 11.6. The lowest BCUT2D eigenvalue weighted by molar-refractivity contribution is -0.140. The van der Waals surface area contributed by atoms with Gasteiger partial charge in [0.05, 0.1) is 5.69 Å². The zero-order valence-electron chi connectivity index (χ0n) is 12.8. The molecule has 0 aromatic carbocycles. The molecule has 0 radical (unpaired) electrons. The maximum absolute atomic E-state index is 11.6. The Morgan fingerprint density at radius 1 is 1.29 bits per heavy atom. The molecule has 116 valence electrons. The summed E-state index contributed by atoms with van der Waals surface area (Å²) >= 11 is 0. The van der Waals surface area contributed by atoms with E-state index in [1.165, 1.54) is 0 Å². The van der Waals surface area contributed by atoms with Crippen LogP contribution >= 0.6 is 0 Å². The number of carbonyl (C=O) groups excluding carboxylic acids is 1. The summed E-state index contributed by atoms with van der Waals surface area (Å²) in [5.74, 6) is -1.02. The van der Waals surface area contributed by atoms with Gasteiger partial charge >= 0.3 is 12.1 Å². The number of amides is 1. The molecule has 0 aliphatic heterocycles. The monoisotopic (exact) mass is 294 g/mol. The first-order valence-electron chi connectivity index (χ1n) is 6.93. The Balaban J connectivity index is 2.57. The van der Waals surface area contributed by atoms with Crippen LogP contribution in [0.15, 0.2) is 18.2 Å². The number of ether oxygens (including phenoxy) is 1. The molecule has 1 amide bonds. The highest BCUT2D eigenvalue weighted by atomic mass is 16.5. The summed E-state index contributed by atoms with van der Waals surface area (Å²) in [6.45, 7) is 7.50. The van der Waals surface area contributed by atoms with Gasteiger partial charge in [0.1, 0.15) is 12.6 Å². The minimum Gasteiger partial charge on any atom is -0.480 e. The molecule has 1 heterocycles. The molecule has 0 saturated heterocycles. The fourth-order valence-corrected chi connectivity index (χ4v) is 1.72. The van der Waals surface area contributed by atoms with E-state index in [9.17, 15) is 9.59 Å². The summed E-state index contributed by atoms with van der Waals surface area (Å²) in [5, 5.41) is 11.3. The Morgan fingerprint density at radius 2 is 1.95 bits per heavy atom. The van der Waals surface area contributed by atoms with Crippen LogP contribution in [0.25, 0.3) is 0 Å². The Kier molecular flexibility index (Phi) is 6.14. The molecule has 1 atom stereocenters. The molecule has 0 aliphatic carbocycles. The van der Waals surface area contributed by atoms with Crippen LogP contribution < -0.4 is 5.32 Å². The van der Waals surface area contributed by atoms with Crippen molar-refractivity contribution in [3.8, 4) is 0 Å². The summed E-state index contributed by atoms with van der Waals surface area (Å²) in [7, 11) is 0. The average Bonchev–Trinajstić information content (AvgIpc) is 2.42. The molecular formula is C15H22N2O4. The van der Waals surface area contributed by atoms with Gasteiger partial charge in [-0.25, -0.2) is 9.59 Å². The highest BCUT2D eigenvalue weighted by Gasteiger charge is 2.24. The summed E-state index contributed by atoms with van der Waals surface area (Å²) in [4.78, 5) is 27.0. The molecule has 21 heavy (non-hydrogen) atoms. The van der Waals surface area contributed by atoms with Gasteiger partial charge in [0.25, 0.3) is 0 Å². The van der Waals surface area contributed by atoms with E-state index in [1.807, 2.05) is 26.0 Å². The molecule has 0 aliphatic rings. The molecule has 0 fully saturated rings. The first-order chi connectivity index (χ1) is 9.81. The number of nitrogens with zero attached hydrogens (tertiary/aromatic N) is 1. The van der Waals surface area contributed by atoms with Crippen LogP contribution in [0, 0.1) is 5.92 Å².